The van der Waals surface area contributed by atoms with Gasteiger partial charge < -0.3 is 28.1 Å². The fourth-order valence-corrected chi connectivity index (χ4v) is 9.19. The summed E-state index contributed by atoms with van der Waals surface area (Å²) in [7, 11) is 0. The van der Waals surface area contributed by atoms with Gasteiger partial charge in [0.05, 0.1) is 22.1 Å². The third kappa shape index (κ3) is 9.48. The molecule has 0 aliphatic rings. The molecule has 9 aromatic carbocycles. The van der Waals surface area contributed by atoms with Gasteiger partial charge >= 0.3 is 0 Å². The number of ether oxygens (including phenoxy) is 4. The summed E-state index contributed by atoms with van der Waals surface area (Å²) in [6.07, 6.45) is 0. The van der Waals surface area contributed by atoms with E-state index in [-0.39, 0.29) is 10.9 Å². The number of para-hydroxylation sites is 2. The number of hydrogen-bond acceptors (Lipinski definition) is 6. The Morgan fingerprint density at radius 1 is 0.271 bits per heavy atom. The lowest BCUT2D eigenvalue weighted by Gasteiger charge is -2.20. The third-order valence-corrected chi connectivity index (χ3v) is 12.6. The van der Waals surface area contributed by atoms with Gasteiger partial charge in [-0.25, -0.2) is 0 Å². The van der Waals surface area contributed by atoms with Crippen LogP contribution >= 0.6 is 0 Å². The summed E-state index contributed by atoms with van der Waals surface area (Å²) < 4.78 is 29.9. The van der Waals surface area contributed by atoms with E-state index in [1.807, 2.05) is 218 Å². The second-order valence-corrected chi connectivity index (χ2v) is 17.5. The molecule has 8 heteroatoms. The molecule has 70 heavy (non-hydrogen) atoms. The largest absolute Gasteiger partial charge is 0.489 e. The minimum atomic E-state index is -0.115. The minimum absolute atomic E-state index is 0.115. The Morgan fingerprint density at radius 3 is 0.871 bits per heavy atom. The van der Waals surface area contributed by atoms with Crippen LogP contribution in [0.1, 0.15) is 33.4 Å². The summed E-state index contributed by atoms with van der Waals surface area (Å²) in [6, 6.07) is 71.3. The van der Waals surface area contributed by atoms with Crippen molar-refractivity contribution in [1.29, 1.82) is 0 Å². The van der Waals surface area contributed by atoms with Crippen LogP contribution < -0.4 is 29.8 Å². The molecular formula is C62H48N2O6. The first-order chi connectivity index (χ1) is 34.5. The number of fused-ring (bicyclic) bond motifs is 4. The van der Waals surface area contributed by atoms with Gasteiger partial charge in [0, 0.05) is 46.8 Å². The van der Waals surface area contributed by atoms with Gasteiger partial charge in [0.15, 0.2) is 10.9 Å². The highest BCUT2D eigenvalue weighted by Gasteiger charge is 2.19. The molecule has 0 fully saturated rings. The second kappa shape index (κ2) is 19.8. The third-order valence-electron chi connectivity index (χ3n) is 12.6. The van der Waals surface area contributed by atoms with Gasteiger partial charge in [-0.05, 0) is 94.0 Å². The lowest BCUT2D eigenvalue weighted by Crippen LogP contribution is -2.16. The van der Waals surface area contributed by atoms with E-state index in [4.69, 9.17) is 18.9 Å². The van der Waals surface area contributed by atoms with Crippen LogP contribution in [0.25, 0.3) is 43.6 Å². The molecule has 0 aliphatic carbocycles. The fraction of sp³-hybridized carbons (Fsp3) is 0.0968. The lowest BCUT2D eigenvalue weighted by atomic mass is 10.0. The molecule has 0 unspecified atom stereocenters. The molecule has 0 atom stereocenters. The van der Waals surface area contributed by atoms with Crippen LogP contribution in [0.15, 0.2) is 228 Å². The van der Waals surface area contributed by atoms with E-state index in [0.717, 1.165) is 44.4 Å². The maximum Gasteiger partial charge on any atom is 0.197 e. The maximum atomic E-state index is 14.8. The normalized spacial score (nSPS) is 11.3. The zero-order chi connectivity index (χ0) is 47.2. The number of benzene rings is 9. The van der Waals surface area contributed by atoms with Gasteiger partial charge in [-0.3, -0.25) is 9.59 Å². The minimum Gasteiger partial charge on any atom is -0.489 e. The summed E-state index contributed by atoms with van der Waals surface area (Å²) in [5.74, 6) is 2.62. The van der Waals surface area contributed by atoms with Crippen LogP contribution in [0.5, 0.6) is 23.0 Å². The van der Waals surface area contributed by atoms with Crippen molar-refractivity contribution in [3.05, 3.63) is 272 Å². The van der Waals surface area contributed by atoms with E-state index in [1.165, 1.54) is 0 Å². The zero-order valence-electron chi connectivity index (χ0n) is 38.4. The maximum absolute atomic E-state index is 14.8. The Morgan fingerprint density at radius 2 is 0.557 bits per heavy atom. The lowest BCUT2D eigenvalue weighted by molar-refractivity contribution is 0.289. The summed E-state index contributed by atoms with van der Waals surface area (Å²) in [5, 5.41) is 2.14. The molecule has 11 rings (SSSR count). The molecule has 0 amide bonds. The molecular weight excluding hydrogens is 869 g/mol. The van der Waals surface area contributed by atoms with E-state index >= 15 is 0 Å². The predicted molar refractivity (Wildman–Crippen MR) is 279 cm³/mol. The molecule has 342 valence electrons. The van der Waals surface area contributed by atoms with Crippen LogP contribution in [0.2, 0.25) is 0 Å². The Bertz CT molecular complexity index is 3390. The van der Waals surface area contributed by atoms with Gasteiger partial charge in [-0.1, -0.05) is 146 Å². The quantitative estimate of drug-likeness (QED) is 0.0898. The van der Waals surface area contributed by atoms with Crippen molar-refractivity contribution in [2.24, 2.45) is 0 Å². The summed E-state index contributed by atoms with van der Waals surface area (Å²) >= 11 is 0. The van der Waals surface area contributed by atoms with Crippen molar-refractivity contribution in [1.82, 2.24) is 9.13 Å². The fourth-order valence-electron chi connectivity index (χ4n) is 9.19. The Hall–Kier alpha value is -8.88. The van der Waals surface area contributed by atoms with Crippen LogP contribution in [0.4, 0.5) is 0 Å². The topological polar surface area (TPSA) is 80.9 Å². The Balaban J connectivity index is 1.03. The van der Waals surface area contributed by atoms with E-state index in [2.05, 4.69) is 9.13 Å². The first kappa shape index (κ1) is 43.7. The van der Waals surface area contributed by atoms with Gasteiger partial charge in [0.25, 0.3) is 0 Å². The number of hydrogen-bond donors (Lipinski definition) is 0. The highest BCUT2D eigenvalue weighted by atomic mass is 16.5. The van der Waals surface area contributed by atoms with Crippen molar-refractivity contribution in [3.8, 4) is 23.0 Å². The number of nitrogens with zero attached hydrogens (tertiary/aromatic N) is 2. The van der Waals surface area contributed by atoms with Crippen LogP contribution in [-0.4, -0.2) is 9.13 Å². The van der Waals surface area contributed by atoms with Crippen molar-refractivity contribution in [2.75, 3.05) is 0 Å². The van der Waals surface area contributed by atoms with Gasteiger partial charge in [-0.2, -0.15) is 0 Å². The molecule has 0 radical (unpaired) electrons. The predicted octanol–water partition coefficient (Wildman–Crippen LogP) is 13.0. The number of aromatic nitrogens is 2. The van der Waals surface area contributed by atoms with Gasteiger partial charge in [0.1, 0.15) is 49.4 Å². The molecule has 2 heterocycles. The molecule has 11 aromatic rings. The van der Waals surface area contributed by atoms with Gasteiger partial charge in [0.2, 0.25) is 0 Å². The smallest absolute Gasteiger partial charge is 0.197 e. The first-order valence-electron chi connectivity index (χ1n) is 23.4. The first-order valence-corrected chi connectivity index (χ1v) is 23.4. The average molecular weight is 917 g/mol. The molecule has 0 aliphatic heterocycles. The molecule has 0 N–H and O–H groups in total. The number of rotatable bonds is 16. The van der Waals surface area contributed by atoms with E-state index in [0.29, 0.717) is 95.1 Å². The Labute approximate surface area is 404 Å². The summed E-state index contributed by atoms with van der Waals surface area (Å²) in [4.78, 5) is 29.6. The molecule has 0 spiro atoms. The van der Waals surface area contributed by atoms with Crippen LogP contribution in [0, 0.1) is 0 Å². The molecule has 0 saturated heterocycles. The SMILES string of the molecule is O=c1c2ccccc2n(Cc2cc(OCc3ccccc3)cc(OCc3ccccc3)c2)c2cc3c(=O)c4ccccc4n(Cc4cc(OCc5ccccc5)cc(OCc5ccccc5)c4)c3cc12. The molecule has 0 bridgehead atoms. The van der Waals surface area contributed by atoms with E-state index in [1.54, 1.807) is 0 Å². The van der Waals surface area contributed by atoms with E-state index in [9.17, 15) is 9.59 Å². The summed E-state index contributed by atoms with van der Waals surface area (Å²) in [5.41, 5.74) is 8.54. The monoisotopic (exact) mass is 916 g/mol. The van der Waals surface area contributed by atoms with E-state index < -0.39 is 0 Å². The van der Waals surface area contributed by atoms with Crippen LogP contribution in [0.3, 0.4) is 0 Å². The second-order valence-electron chi connectivity index (χ2n) is 17.5. The Kier molecular flexibility index (Phi) is 12.3. The zero-order valence-corrected chi connectivity index (χ0v) is 38.4. The van der Waals surface area contributed by atoms with Crippen molar-refractivity contribution in [2.45, 2.75) is 39.5 Å². The van der Waals surface area contributed by atoms with Crippen molar-refractivity contribution >= 4 is 43.6 Å². The molecule has 0 saturated carbocycles. The molecule has 2 aromatic heterocycles. The highest BCUT2D eigenvalue weighted by molar-refractivity contribution is 6.04. The number of pyridine rings is 2. The van der Waals surface area contributed by atoms with Crippen molar-refractivity contribution < 1.29 is 18.9 Å². The highest BCUT2D eigenvalue weighted by Crippen LogP contribution is 2.32. The standard InChI is InChI=1S/C62H48N2O6/c65-61-53-25-13-15-27-57(53)63(37-47-29-49(67-39-43-17-5-1-6-18-43)33-50(30-47)68-40-44-19-7-2-8-20-44)59-35-56-60(36-55(59)61)64(58-28-16-14-26-54(58)62(56)66)38-48-31-51(69-41-45-21-9-3-10-22-45)34-52(32-48)70-42-46-23-11-4-12-24-46/h1-36H,37-42H2. The van der Waals surface area contributed by atoms with Crippen molar-refractivity contribution in [3.63, 3.8) is 0 Å². The molecule has 8 nitrogen and oxygen atoms in total. The van der Waals surface area contributed by atoms with Crippen LogP contribution in [-0.2, 0) is 39.5 Å². The van der Waals surface area contributed by atoms with Gasteiger partial charge in [-0.15, -0.1) is 0 Å². The average Bonchev–Trinajstić information content (AvgIpc) is 3.41. The summed E-state index contributed by atoms with van der Waals surface area (Å²) in [6.45, 7) is 2.24.